The highest BCUT2D eigenvalue weighted by molar-refractivity contribution is 9.10. The van der Waals surface area contributed by atoms with Crippen molar-refractivity contribution in [2.24, 2.45) is 0 Å². The molecule has 158 valence electrons. The fourth-order valence-electron chi connectivity index (χ4n) is 2.97. The van der Waals surface area contributed by atoms with E-state index in [1.807, 2.05) is 30.3 Å². The van der Waals surface area contributed by atoms with Gasteiger partial charge in [-0.05, 0) is 45.8 Å². The zero-order valence-electron chi connectivity index (χ0n) is 15.9. The molecule has 0 spiro atoms. The predicted molar refractivity (Wildman–Crippen MR) is 116 cm³/mol. The van der Waals surface area contributed by atoms with Crippen LogP contribution in [0.4, 0.5) is 0 Å². The van der Waals surface area contributed by atoms with Crippen LogP contribution in [0.1, 0.15) is 22.5 Å². The maximum absolute atomic E-state index is 12.3. The lowest BCUT2D eigenvalue weighted by Gasteiger charge is -2.36. The summed E-state index contributed by atoms with van der Waals surface area (Å²) in [6.07, 6.45) is 0.406. The minimum Gasteiger partial charge on any atom is -0.465 e. The zero-order valence-corrected chi connectivity index (χ0v) is 18.3. The standard InChI is InChI=1S/C20H20BrN3O5S/c21-16-7-6-15(29-16)19(27)23-20(30)24-10-9-22-18(26)14(24)12-17(25)28-11-8-13-4-2-1-3-5-13/h1-7,14H,8-12H2,(H,22,26)(H,23,27,30). The second-order valence-electron chi connectivity index (χ2n) is 6.52. The number of thiocarbonyl (C=S) groups is 1. The Balaban J connectivity index is 1.55. The second-order valence-corrected chi connectivity index (χ2v) is 7.69. The molecular formula is C20H20BrN3O5S. The SMILES string of the molecule is O=C(CC1C(=O)NCCN1C(=S)NC(=O)c1ccc(Br)o1)OCCc1ccccc1. The van der Waals surface area contributed by atoms with Crippen molar-refractivity contribution in [3.63, 3.8) is 0 Å². The number of amides is 2. The van der Waals surface area contributed by atoms with Gasteiger partial charge in [-0.3, -0.25) is 19.7 Å². The van der Waals surface area contributed by atoms with Gasteiger partial charge in [-0.1, -0.05) is 30.3 Å². The highest BCUT2D eigenvalue weighted by atomic mass is 79.9. The molecule has 2 N–H and O–H groups in total. The molecule has 1 aromatic heterocycles. The largest absolute Gasteiger partial charge is 0.465 e. The monoisotopic (exact) mass is 493 g/mol. The van der Waals surface area contributed by atoms with E-state index in [1.54, 1.807) is 6.07 Å². The fourth-order valence-corrected chi connectivity index (χ4v) is 3.59. The Kier molecular flexibility index (Phi) is 7.58. The summed E-state index contributed by atoms with van der Waals surface area (Å²) in [6, 6.07) is 11.9. The molecule has 1 atom stereocenters. The normalized spacial score (nSPS) is 16.0. The number of rotatable bonds is 6. The average molecular weight is 494 g/mol. The van der Waals surface area contributed by atoms with E-state index in [0.717, 1.165) is 5.56 Å². The van der Waals surface area contributed by atoms with Crippen LogP contribution >= 0.6 is 28.1 Å². The first-order valence-electron chi connectivity index (χ1n) is 9.28. The molecule has 0 radical (unpaired) electrons. The maximum atomic E-state index is 12.3. The van der Waals surface area contributed by atoms with Crippen LogP contribution < -0.4 is 10.6 Å². The van der Waals surface area contributed by atoms with E-state index in [2.05, 4.69) is 26.6 Å². The summed E-state index contributed by atoms with van der Waals surface area (Å²) in [5.74, 6) is -1.33. The van der Waals surface area contributed by atoms with E-state index >= 15 is 0 Å². The molecule has 2 amide bonds. The van der Waals surface area contributed by atoms with Crippen LogP contribution in [0.25, 0.3) is 0 Å². The fraction of sp³-hybridized carbons (Fsp3) is 0.300. The van der Waals surface area contributed by atoms with Crippen molar-refractivity contribution in [1.29, 1.82) is 0 Å². The van der Waals surface area contributed by atoms with E-state index in [9.17, 15) is 14.4 Å². The number of furan rings is 1. The van der Waals surface area contributed by atoms with Gasteiger partial charge in [0.1, 0.15) is 6.04 Å². The molecule has 1 aliphatic rings. The van der Waals surface area contributed by atoms with E-state index in [-0.39, 0.29) is 29.8 Å². The molecule has 2 heterocycles. The Bertz CT molecular complexity index is 934. The van der Waals surface area contributed by atoms with Crippen LogP contribution in [0.2, 0.25) is 0 Å². The van der Waals surface area contributed by atoms with Crippen LogP contribution in [-0.4, -0.2) is 53.5 Å². The third kappa shape index (κ3) is 5.90. The molecule has 1 aromatic carbocycles. The number of esters is 1. The number of ether oxygens (including phenoxy) is 1. The van der Waals surface area contributed by atoms with Gasteiger partial charge in [-0.2, -0.15) is 0 Å². The van der Waals surface area contributed by atoms with E-state index in [1.165, 1.54) is 11.0 Å². The molecule has 8 nitrogen and oxygen atoms in total. The van der Waals surface area contributed by atoms with Crippen molar-refractivity contribution in [1.82, 2.24) is 15.5 Å². The van der Waals surface area contributed by atoms with Crippen molar-refractivity contribution in [2.45, 2.75) is 18.9 Å². The summed E-state index contributed by atoms with van der Waals surface area (Å²) in [7, 11) is 0. The molecule has 30 heavy (non-hydrogen) atoms. The molecule has 0 aliphatic carbocycles. The van der Waals surface area contributed by atoms with Crippen molar-refractivity contribution in [2.75, 3.05) is 19.7 Å². The van der Waals surface area contributed by atoms with Crippen LogP contribution in [0, 0.1) is 0 Å². The van der Waals surface area contributed by atoms with Crippen LogP contribution in [0.15, 0.2) is 51.6 Å². The summed E-state index contributed by atoms with van der Waals surface area (Å²) in [6.45, 7) is 0.918. The molecule has 0 saturated carbocycles. The van der Waals surface area contributed by atoms with Crippen molar-refractivity contribution < 1.29 is 23.5 Å². The Hall–Kier alpha value is -2.72. The first kappa shape index (κ1) is 22.0. The van der Waals surface area contributed by atoms with Gasteiger partial charge in [0.2, 0.25) is 5.91 Å². The molecule has 1 saturated heterocycles. The summed E-state index contributed by atoms with van der Waals surface area (Å²) in [5, 5.41) is 5.29. The summed E-state index contributed by atoms with van der Waals surface area (Å²) >= 11 is 8.43. The van der Waals surface area contributed by atoms with Gasteiger partial charge < -0.3 is 19.4 Å². The number of carbonyl (C=O) groups is 3. The number of nitrogens with zero attached hydrogens (tertiary/aromatic N) is 1. The molecule has 1 fully saturated rings. The molecule has 1 unspecified atom stereocenters. The molecule has 1 aliphatic heterocycles. The van der Waals surface area contributed by atoms with Gasteiger partial charge in [0, 0.05) is 19.5 Å². The van der Waals surface area contributed by atoms with Crippen molar-refractivity contribution >= 4 is 51.0 Å². The molecule has 0 bridgehead atoms. The van der Waals surface area contributed by atoms with Crippen molar-refractivity contribution in [3.8, 4) is 0 Å². The number of benzene rings is 1. The number of nitrogens with one attached hydrogen (secondary N) is 2. The molecule has 2 aromatic rings. The third-order valence-corrected chi connectivity index (χ3v) is 5.23. The lowest BCUT2D eigenvalue weighted by molar-refractivity contribution is -0.147. The number of halogens is 1. The first-order chi connectivity index (χ1) is 14.4. The third-order valence-electron chi connectivity index (χ3n) is 4.47. The zero-order chi connectivity index (χ0) is 21.5. The van der Waals surface area contributed by atoms with Gasteiger partial charge in [0.15, 0.2) is 15.5 Å². The molecule has 10 heteroatoms. The van der Waals surface area contributed by atoms with Gasteiger partial charge in [-0.15, -0.1) is 0 Å². The minimum absolute atomic E-state index is 0.0458. The van der Waals surface area contributed by atoms with Gasteiger partial charge in [0.05, 0.1) is 13.0 Å². The highest BCUT2D eigenvalue weighted by Gasteiger charge is 2.34. The summed E-state index contributed by atoms with van der Waals surface area (Å²) in [4.78, 5) is 38.4. The van der Waals surface area contributed by atoms with Gasteiger partial charge in [-0.25, -0.2) is 0 Å². The van der Waals surface area contributed by atoms with Crippen LogP contribution in [0.5, 0.6) is 0 Å². The van der Waals surface area contributed by atoms with E-state index in [0.29, 0.717) is 24.2 Å². The quantitative estimate of drug-likeness (QED) is 0.468. The maximum Gasteiger partial charge on any atom is 0.308 e. The minimum atomic E-state index is -0.862. The second kappa shape index (κ2) is 10.4. The van der Waals surface area contributed by atoms with E-state index < -0.39 is 17.9 Å². The Morgan fingerprint density at radius 3 is 2.73 bits per heavy atom. The van der Waals surface area contributed by atoms with Gasteiger partial charge in [0.25, 0.3) is 5.91 Å². The number of piperazine rings is 1. The van der Waals surface area contributed by atoms with Gasteiger partial charge >= 0.3 is 5.97 Å². The smallest absolute Gasteiger partial charge is 0.308 e. The lowest BCUT2D eigenvalue weighted by atomic mass is 10.1. The molecular weight excluding hydrogens is 474 g/mol. The molecule has 3 rings (SSSR count). The first-order valence-corrected chi connectivity index (χ1v) is 10.5. The number of carbonyl (C=O) groups excluding carboxylic acids is 3. The Labute approximate surface area is 187 Å². The number of hydrogen-bond donors (Lipinski definition) is 2. The van der Waals surface area contributed by atoms with Crippen LogP contribution in [-0.2, 0) is 20.7 Å². The Morgan fingerprint density at radius 2 is 2.03 bits per heavy atom. The lowest BCUT2D eigenvalue weighted by Crippen LogP contribution is -2.60. The topological polar surface area (TPSA) is 101 Å². The predicted octanol–water partition coefficient (Wildman–Crippen LogP) is 2.03. The van der Waals surface area contributed by atoms with Crippen molar-refractivity contribution in [3.05, 3.63) is 58.5 Å². The summed E-state index contributed by atoms with van der Waals surface area (Å²) < 4.78 is 10.9. The highest BCUT2D eigenvalue weighted by Crippen LogP contribution is 2.15. The van der Waals surface area contributed by atoms with E-state index in [4.69, 9.17) is 21.4 Å². The number of hydrogen-bond acceptors (Lipinski definition) is 6. The summed E-state index contributed by atoms with van der Waals surface area (Å²) in [5.41, 5.74) is 1.05. The van der Waals surface area contributed by atoms with Crippen LogP contribution in [0.3, 0.4) is 0 Å². The average Bonchev–Trinajstić information content (AvgIpc) is 3.17. The Morgan fingerprint density at radius 1 is 1.27 bits per heavy atom.